The summed E-state index contributed by atoms with van der Waals surface area (Å²) in [6.45, 7) is 8.75. The topological polar surface area (TPSA) is 244 Å². The molecule has 0 radical (unpaired) electrons. The highest BCUT2D eigenvalue weighted by molar-refractivity contribution is 5.98. The molecule has 0 spiro atoms. The van der Waals surface area contributed by atoms with Gasteiger partial charge in [-0.1, -0.05) is 12.1 Å². The van der Waals surface area contributed by atoms with Gasteiger partial charge in [-0.15, -0.1) is 0 Å². The van der Waals surface area contributed by atoms with Crippen molar-refractivity contribution in [3.05, 3.63) is 173 Å². The van der Waals surface area contributed by atoms with Crippen LogP contribution in [-0.2, 0) is 0 Å². The summed E-state index contributed by atoms with van der Waals surface area (Å²) < 4.78 is 0. The molecule has 0 bridgehead atoms. The molecule has 6 rings (SSSR count). The predicted octanol–water partition coefficient (Wildman–Crippen LogP) is 9.27. The molecule has 0 unspecified atom stereocenters. The van der Waals surface area contributed by atoms with Crippen LogP contribution in [0, 0.1) is 0 Å². The highest BCUT2D eigenvalue weighted by Crippen LogP contribution is 2.22. The van der Waals surface area contributed by atoms with Gasteiger partial charge in [-0.25, -0.2) is 0 Å². The van der Waals surface area contributed by atoms with Gasteiger partial charge in [0.15, 0.2) is 34.7 Å². The molecule has 0 saturated heterocycles. The molecule has 0 heterocycles. The molecule has 0 aliphatic heterocycles. The molecule has 13 heteroatoms. The first-order chi connectivity index (χ1) is 28.6. The van der Waals surface area contributed by atoms with E-state index in [0.717, 1.165) is 6.07 Å². The van der Waals surface area contributed by atoms with Crippen LogP contribution >= 0.6 is 0 Å². The van der Waals surface area contributed by atoms with Gasteiger partial charge >= 0.3 is 0 Å². The minimum atomic E-state index is -0.220. The number of rotatable bonds is 6. The van der Waals surface area contributed by atoms with Crippen molar-refractivity contribution in [3.63, 3.8) is 0 Å². The van der Waals surface area contributed by atoms with Gasteiger partial charge in [0.25, 0.3) is 0 Å². The zero-order chi connectivity index (χ0) is 46.2. The molecule has 0 aromatic heterocycles. The number of para-hydroxylation sites is 1. The van der Waals surface area contributed by atoms with E-state index in [9.17, 15) is 28.8 Å². The lowest BCUT2D eigenvalue weighted by atomic mass is 10.1. The Hall–Kier alpha value is -8.06. The van der Waals surface area contributed by atoms with E-state index in [1.54, 1.807) is 66.7 Å². The Bertz CT molecular complexity index is 2140. The van der Waals surface area contributed by atoms with Gasteiger partial charge in [0.2, 0.25) is 0 Å². The smallest absolute Gasteiger partial charge is 0.163 e. The van der Waals surface area contributed by atoms with Crippen LogP contribution in [0.1, 0.15) is 104 Å². The lowest BCUT2D eigenvalue weighted by Crippen LogP contribution is -1.91. The van der Waals surface area contributed by atoms with E-state index < -0.39 is 0 Å². The standard InChI is InChI=1S/C8H8O3.5C8H8O2/c1-5(9)7-3-2-6(10)4-8(7)11;4*1-6(9)7-2-4-8(10)5-3-7;1-6(9)7-4-2-3-5-8(7)10/h2-4,10-11H,1H3;5*2-5,10H,1H3. The Morgan fingerprint density at radius 3 is 0.738 bits per heavy atom. The fourth-order valence-electron chi connectivity index (χ4n) is 4.37. The zero-order valence-electron chi connectivity index (χ0n) is 34.4. The van der Waals surface area contributed by atoms with Crippen molar-refractivity contribution >= 4 is 34.7 Å². The fourth-order valence-corrected chi connectivity index (χ4v) is 4.37. The average molecular weight is 833 g/mol. The van der Waals surface area contributed by atoms with Gasteiger partial charge in [-0.3, -0.25) is 28.8 Å². The van der Waals surface area contributed by atoms with Gasteiger partial charge in [0, 0.05) is 28.3 Å². The van der Waals surface area contributed by atoms with Crippen LogP contribution in [0.25, 0.3) is 0 Å². The van der Waals surface area contributed by atoms with Crippen molar-refractivity contribution in [2.75, 3.05) is 0 Å². The Kier molecular flexibility index (Phi) is 21.8. The van der Waals surface area contributed by atoms with E-state index in [1.807, 2.05) is 0 Å². The van der Waals surface area contributed by atoms with Crippen molar-refractivity contribution in [2.45, 2.75) is 41.5 Å². The number of phenols is 7. The van der Waals surface area contributed by atoms with Crippen LogP contribution in [0.5, 0.6) is 40.2 Å². The van der Waals surface area contributed by atoms with Crippen LogP contribution < -0.4 is 0 Å². The van der Waals surface area contributed by atoms with Crippen LogP contribution in [0.3, 0.4) is 0 Å². The fraction of sp³-hybridized carbons (Fsp3) is 0.125. The molecule has 6 aromatic carbocycles. The summed E-state index contributed by atoms with van der Waals surface area (Å²) in [5.41, 5.74) is 3.09. The largest absolute Gasteiger partial charge is 0.508 e. The normalized spacial score (nSPS) is 9.34. The molecule has 0 saturated carbocycles. The average Bonchev–Trinajstić information content (AvgIpc) is 3.20. The molecule has 6 aromatic rings. The number of aromatic hydroxyl groups is 7. The first-order valence-corrected chi connectivity index (χ1v) is 18.1. The SMILES string of the molecule is CC(=O)c1ccc(O)cc1.CC(=O)c1ccc(O)cc1.CC(=O)c1ccc(O)cc1.CC(=O)c1ccc(O)cc1.CC(=O)c1ccc(O)cc1O.CC(=O)c1ccccc1O. The Morgan fingerprint density at radius 1 is 0.279 bits per heavy atom. The number of Topliss-reactive ketones (excluding diaryl/α,β-unsaturated/α-hetero) is 6. The number of carbonyl (C=O) groups is 6. The molecule has 7 N–H and O–H groups in total. The minimum Gasteiger partial charge on any atom is -0.508 e. The molecule has 0 aliphatic carbocycles. The summed E-state index contributed by atoms with van der Waals surface area (Å²) in [7, 11) is 0. The summed E-state index contributed by atoms with van der Waals surface area (Å²) >= 11 is 0. The monoisotopic (exact) mass is 832 g/mol. The number of hydrogen-bond acceptors (Lipinski definition) is 13. The molecule has 61 heavy (non-hydrogen) atoms. The summed E-state index contributed by atoms with van der Waals surface area (Å²) in [6, 6.07) is 35.1. The third-order valence-corrected chi connectivity index (χ3v) is 7.74. The van der Waals surface area contributed by atoms with Crippen molar-refractivity contribution in [3.8, 4) is 40.2 Å². The van der Waals surface area contributed by atoms with Gasteiger partial charge in [0.05, 0.1) is 11.1 Å². The van der Waals surface area contributed by atoms with Crippen molar-refractivity contribution in [2.24, 2.45) is 0 Å². The lowest BCUT2D eigenvalue weighted by molar-refractivity contribution is 0.100. The number of phenolic OH excluding ortho intramolecular Hbond substituents is 7. The van der Waals surface area contributed by atoms with Crippen LogP contribution in [0.4, 0.5) is 0 Å². The Labute approximate surface area is 353 Å². The molecular weight excluding hydrogens is 785 g/mol. The second kappa shape index (κ2) is 26.0. The maximum absolute atomic E-state index is 10.7. The van der Waals surface area contributed by atoms with E-state index in [-0.39, 0.29) is 80.5 Å². The van der Waals surface area contributed by atoms with Crippen LogP contribution in [-0.4, -0.2) is 70.4 Å². The molecule has 0 atom stereocenters. The molecule has 318 valence electrons. The molecule has 13 nitrogen and oxygen atoms in total. The van der Waals surface area contributed by atoms with Gasteiger partial charge in [0.1, 0.15) is 40.2 Å². The Morgan fingerprint density at radius 2 is 0.525 bits per heavy atom. The maximum atomic E-state index is 10.7. The van der Waals surface area contributed by atoms with E-state index in [0.29, 0.717) is 27.8 Å². The molecule has 0 fully saturated rings. The van der Waals surface area contributed by atoms with Gasteiger partial charge in [-0.2, -0.15) is 0 Å². The highest BCUT2D eigenvalue weighted by Gasteiger charge is 2.06. The first-order valence-electron chi connectivity index (χ1n) is 18.1. The summed E-state index contributed by atoms with van der Waals surface area (Å²) in [6.07, 6.45) is 0. The van der Waals surface area contributed by atoms with Crippen molar-refractivity contribution < 1.29 is 64.5 Å². The summed E-state index contributed by atoms with van der Waals surface area (Å²) in [5.74, 6) is 0.283. The first kappa shape index (κ1) is 51.0. The van der Waals surface area contributed by atoms with E-state index in [2.05, 4.69) is 0 Å². The van der Waals surface area contributed by atoms with Crippen molar-refractivity contribution in [1.82, 2.24) is 0 Å². The second-order valence-electron chi connectivity index (χ2n) is 12.7. The second-order valence-corrected chi connectivity index (χ2v) is 12.7. The summed E-state index contributed by atoms with van der Waals surface area (Å²) in [5, 5.41) is 62.3. The Balaban J connectivity index is 0.000000366. The van der Waals surface area contributed by atoms with Gasteiger partial charge in [-0.05, 0) is 163 Å². The highest BCUT2D eigenvalue weighted by atomic mass is 16.3. The van der Waals surface area contributed by atoms with Crippen molar-refractivity contribution in [1.29, 1.82) is 0 Å². The maximum Gasteiger partial charge on any atom is 0.163 e. The molecule has 0 aliphatic rings. The number of ketones is 6. The lowest BCUT2D eigenvalue weighted by Gasteiger charge is -1.99. The van der Waals surface area contributed by atoms with Gasteiger partial charge < -0.3 is 35.7 Å². The minimum absolute atomic E-state index is 0.0139. The number of hydrogen-bond donors (Lipinski definition) is 7. The zero-order valence-corrected chi connectivity index (χ0v) is 34.4. The van der Waals surface area contributed by atoms with E-state index in [1.165, 1.54) is 108 Å². The van der Waals surface area contributed by atoms with Crippen LogP contribution in [0.2, 0.25) is 0 Å². The predicted molar refractivity (Wildman–Crippen MR) is 230 cm³/mol. The third-order valence-electron chi connectivity index (χ3n) is 7.74. The quantitative estimate of drug-likeness (QED) is 0.0775. The van der Waals surface area contributed by atoms with E-state index >= 15 is 0 Å². The number of benzene rings is 6. The van der Waals surface area contributed by atoms with Crippen LogP contribution in [0.15, 0.2) is 140 Å². The molecule has 0 amide bonds. The number of carbonyl (C=O) groups excluding carboxylic acids is 6. The van der Waals surface area contributed by atoms with E-state index in [4.69, 9.17) is 35.7 Å². The molecular formula is C48H48O13. The summed E-state index contributed by atoms with van der Waals surface area (Å²) in [4.78, 5) is 64.1. The third kappa shape index (κ3) is 20.3.